The first-order valence-corrected chi connectivity index (χ1v) is 8.62. The number of nitrogens with zero attached hydrogens (tertiary/aromatic N) is 2. The summed E-state index contributed by atoms with van der Waals surface area (Å²) in [6, 6.07) is 4.20. The number of aryl methyl sites for hydroxylation is 2. The van der Waals surface area contributed by atoms with E-state index in [2.05, 4.69) is 30.5 Å². The van der Waals surface area contributed by atoms with Gasteiger partial charge in [-0.15, -0.1) is 0 Å². The highest BCUT2D eigenvalue weighted by Crippen LogP contribution is 2.39. The fourth-order valence-corrected chi connectivity index (χ4v) is 4.21. The third-order valence-corrected chi connectivity index (χ3v) is 5.75. The predicted molar refractivity (Wildman–Crippen MR) is 86.6 cm³/mol. The van der Waals surface area contributed by atoms with Crippen LogP contribution < -0.4 is 0 Å². The zero-order valence-corrected chi connectivity index (χ0v) is 13.8. The maximum atomic E-state index is 12.5. The fraction of sp³-hybridized carbons (Fsp3) is 0.722. The van der Waals surface area contributed by atoms with Crippen LogP contribution in [0.3, 0.4) is 0 Å². The van der Waals surface area contributed by atoms with Crippen molar-refractivity contribution in [3.8, 4) is 0 Å². The highest BCUT2D eigenvalue weighted by Gasteiger charge is 2.43. The maximum absolute atomic E-state index is 12.5. The average Bonchev–Trinajstić information content (AvgIpc) is 2.82. The lowest BCUT2D eigenvalue weighted by Gasteiger charge is -2.47. The van der Waals surface area contributed by atoms with Crippen molar-refractivity contribution in [1.29, 1.82) is 0 Å². The van der Waals surface area contributed by atoms with Gasteiger partial charge in [-0.25, -0.2) is 0 Å². The number of aromatic nitrogens is 1. The van der Waals surface area contributed by atoms with Crippen molar-refractivity contribution in [2.24, 2.45) is 5.92 Å². The first-order valence-electron chi connectivity index (χ1n) is 8.62. The summed E-state index contributed by atoms with van der Waals surface area (Å²) >= 11 is 0. The van der Waals surface area contributed by atoms with E-state index in [0.717, 1.165) is 45.3 Å². The average molecular weight is 304 g/mol. The summed E-state index contributed by atoms with van der Waals surface area (Å²) in [4.78, 5) is 14.5. The molecule has 1 aliphatic carbocycles. The monoisotopic (exact) mass is 304 g/mol. The zero-order valence-electron chi connectivity index (χ0n) is 13.8. The van der Waals surface area contributed by atoms with Crippen molar-refractivity contribution in [2.75, 3.05) is 13.1 Å². The molecule has 2 aliphatic rings. The molecule has 2 atom stereocenters. The number of hydrogen-bond donors (Lipinski definition) is 1. The lowest BCUT2D eigenvalue weighted by Crippen LogP contribution is -2.54. The summed E-state index contributed by atoms with van der Waals surface area (Å²) < 4.78 is 2.21. The molecule has 1 N–H and O–H groups in total. The van der Waals surface area contributed by atoms with E-state index in [0.29, 0.717) is 6.42 Å². The van der Waals surface area contributed by atoms with Crippen molar-refractivity contribution in [3.63, 3.8) is 0 Å². The number of carbonyl (C=O) groups excluding carboxylic acids is 1. The number of rotatable bonds is 3. The fourth-order valence-electron chi connectivity index (χ4n) is 4.21. The molecule has 0 unspecified atom stereocenters. The molecule has 0 spiro atoms. The summed E-state index contributed by atoms with van der Waals surface area (Å²) in [5.74, 6) is 0.522. The van der Waals surface area contributed by atoms with Gasteiger partial charge in [-0.3, -0.25) is 4.79 Å². The summed E-state index contributed by atoms with van der Waals surface area (Å²) in [5.41, 5.74) is 1.93. The normalized spacial score (nSPS) is 28.5. The minimum absolute atomic E-state index is 0.236. The number of carbonyl (C=O) groups is 1. The van der Waals surface area contributed by atoms with Crippen LogP contribution >= 0.6 is 0 Å². The summed E-state index contributed by atoms with van der Waals surface area (Å²) in [5, 5.41) is 10.7. The Labute approximate surface area is 133 Å². The first kappa shape index (κ1) is 15.6. The van der Waals surface area contributed by atoms with Gasteiger partial charge in [0, 0.05) is 43.4 Å². The third-order valence-electron chi connectivity index (χ3n) is 5.75. The van der Waals surface area contributed by atoms with E-state index in [9.17, 15) is 9.90 Å². The summed E-state index contributed by atoms with van der Waals surface area (Å²) in [6.07, 6.45) is 5.62. The van der Waals surface area contributed by atoms with E-state index in [1.807, 2.05) is 4.90 Å². The Hall–Kier alpha value is -1.29. The summed E-state index contributed by atoms with van der Waals surface area (Å²) in [6.45, 7) is 6.39. The quantitative estimate of drug-likeness (QED) is 0.933. The van der Waals surface area contributed by atoms with Crippen molar-refractivity contribution in [2.45, 2.75) is 64.5 Å². The van der Waals surface area contributed by atoms with Crippen LogP contribution in [-0.4, -0.2) is 39.2 Å². The number of hydrogen-bond acceptors (Lipinski definition) is 2. The van der Waals surface area contributed by atoms with Gasteiger partial charge in [0.25, 0.3) is 0 Å². The Kier molecular flexibility index (Phi) is 4.31. The zero-order chi connectivity index (χ0) is 15.7. The number of fused-ring (bicyclic) bond motifs is 1. The van der Waals surface area contributed by atoms with E-state index in [4.69, 9.17) is 0 Å². The number of piperidine rings is 1. The molecule has 1 aromatic rings. The predicted octanol–water partition coefficient (Wildman–Crippen LogP) is 2.65. The molecule has 1 saturated carbocycles. The molecule has 3 rings (SSSR count). The van der Waals surface area contributed by atoms with E-state index in [1.165, 1.54) is 17.8 Å². The van der Waals surface area contributed by atoms with Crippen molar-refractivity contribution < 1.29 is 9.90 Å². The van der Waals surface area contributed by atoms with Gasteiger partial charge >= 0.3 is 0 Å². The van der Waals surface area contributed by atoms with Crippen molar-refractivity contribution in [3.05, 3.63) is 23.5 Å². The second-order valence-corrected chi connectivity index (χ2v) is 7.15. The topological polar surface area (TPSA) is 45.5 Å². The molecule has 2 heterocycles. The SMILES string of the molecule is Cc1ccc(C)n1CCC(=O)N1CC[C@@]2(O)CCCC[C@H]2C1. The molecule has 1 saturated heterocycles. The van der Waals surface area contributed by atoms with E-state index < -0.39 is 5.60 Å². The van der Waals surface area contributed by atoms with Crippen LogP contribution in [-0.2, 0) is 11.3 Å². The van der Waals surface area contributed by atoms with Crippen LogP contribution in [0.1, 0.15) is 49.9 Å². The first-order chi connectivity index (χ1) is 10.5. The van der Waals surface area contributed by atoms with Crippen molar-refractivity contribution >= 4 is 5.91 Å². The minimum atomic E-state index is -0.497. The number of amides is 1. The van der Waals surface area contributed by atoms with Crippen LogP contribution in [0.5, 0.6) is 0 Å². The molecule has 0 bridgehead atoms. The van der Waals surface area contributed by atoms with Gasteiger partial charge in [0.2, 0.25) is 5.91 Å². The molecule has 4 nitrogen and oxygen atoms in total. The molecule has 4 heteroatoms. The van der Waals surface area contributed by atoms with Gasteiger partial charge in [0.15, 0.2) is 0 Å². The van der Waals surface area contributed by atoms with E-state index >= 15 is 0 Å². The number of aliphatic hydroxyl groups is 1. The molecule has 0 radical (unpaired) electrons. The van der Waals surface area contributed by atoms with Crippen LogP contribution in [0.15, 0.2) is 12.1 Å². The molecular formula is C18H28N2O2. The van der Waals surface area contributed by atoms with Gasteiger partial charge in [-0.05, 0) is 45.2 Å². The largest absolute Gasteiger partial charge is 0.389 e. The van der Waals surface area contributed by atoms with Crippen LogP contribution in [0.25, 0.3) is 0 Å². The van der Waals surface area contributed by atoms with E-state index in [1.54, 1.807) is 0 Å². The van der Waals surface area contributed by atoms with Gasteiger partial charge in [0.05, 0.1) is 5.60 Å². The molecule has 0 aromatic carbocycles. The lowest BCUT2D eigenvalue weighted by atomic mass is 9.71. The highest BCUT2D eigenvalue weighted by molar-refractivity contribution is 5.76. The van der Waals surface area contributed by atoms with Crippen LogP contribution in [0.4, 0.5) is 0 Å². The second-order valence-electron chi connectivity index (χ2n) is 7.15. The Bertz CT molecular complexity index is 532. The Balaban J connectivity index is 1.57. The van der Waals surface area contributed by atoms with Crippen LogP contribution in [0.2, 0.25) is 0 Å². The Morgan fingerprint density at radius 2 is 2.00 bits per heavy atom. The molecule has 122 valence electrons. The third kappa shape index (κ3) is 2.94. The van der Waals surface area contributed by atoms with Gasteiger partial charge in [-0.2, -0.15) is 0 Å². The summed E-state index contributed by atoms with van der Waals surface area (Å²) in [7, 11) is 0. The molecular weight excluding hydrogens is 276 g/mol. The molecule has 22 heavy (non-hydrogen) atoms. The second kappa shape index (κ2) is 6.07. The molecule has 1 amide bonds. The van der Waals surface area contributed by atoms with Gasteiger partial charge in [0.1, 0.15) is 0 Å². The molecule has 2 fully saturated rings. The smallest absolute Gasteiger partial charge is 0.224 e. The highest BCUT2D eigenvalue weighted by atomic mass is 16.3. The number of likely N-dealkylation sites (tertiary alicyclic amines) is 1. The molecule has 1 aromatic heterocycles. The lowest BCUT2D eigenvalue weighted by molar-refractivity contribution is -0.143. The Morgan fingerprint density at radius 3 is 2.73 bits per heavy atom. The maximum Gasteiger partial charge on any atom is 0.224 e. The van der Waals surface area contributed by atoms with Crippen LogP contribution in [0, 0.1) is 19.8 Å². The van der Waals surface area contributed by atoms with Crippen molar-refractivity contribution in [1.82, 2.24) is 9.47 Å². The van der Waals surface area contributed by atoms with Gasteiger partial charge in [-0.1, -0.05) is 12.8 Å². The van der Waals surface area contributed by atoms with Gasteiger partial charge < -0.3 is 14.6 Å². The van der Waals surface area contributed by atoms with E-state index in [-0.39, 0.29) is 11.8 Å². The molecule has 1 aliphatic heterocycles. The minimum Gasteiger partial charge on any atom is -0.389 e. The Morgan fingerprint density at radius 1 is 1.27 bits per heavy atom. The standard InChI is InChI=1S/C18H28N2O2/c1-14-6-7-15(2)20(14)11-8-17(21)19-12-10-18(22)9-4-3-5-16(18)13-19/h6-7,16,22H,3-5,8-13H2,1-2H3/t16-,18-/m0/s1.